The van der Waals surface area contributed by atoms with E-state index in [1.807, 2.05) is 132 Å². The van der Waals surface area contributed by atoms with Crippen molar-refractivity contribution in [1.82, 2.24) is 0 Å². The number of hydrogen-bond acceptors (Lipinski definition) is 4. The van der Waals surface area contributed by atoms with E-state index in [1.54, 1.807) is 27.7 Å². The molecule has 310 valence electrons. The van der Waals surface area contributed by atoms with Gasteiger partial charge in [-0.2, -0.15) is 0 Å². The first-order valence-electron chi connectivity index (χ1n) is 19.8. The zero-order chi connectivity index (χ0) is 44.4. The molecule has 8 nitrogen and oxygen atoms in total. The summed E-state index contributed by atoms with van der Waals surface area (Å²) in [7, 11) is 0. The Kier molecular flexibility index (Phi) is 12.1. The minimum atomic E-state index is -1.04. The van der Waals surface area contributed by atoms with E-state index in [0.717, 1.165) is 22.3 Å². The molecule has 0 aromatic heterocycles. The molecule has 8 heteroatoms. The Morgan fingerprint density at radius 2 is 0.500 bits per heavy atom. The average Bonchev–Trinajstić information content (AvgIpc) is 3.03. The molecule has 0 saturated heterocycles. The van der Waals surface area contributed by atoms with E-state index in [9.17, 15) is 39.6 Å². The van der Waals surface area contributed by atoms with E-state index in [2.05, 4.69) is 0 Å². The lowest BCUT2D eigenvalue weighted by molar-refractivity contribution is 0.0682. The van der Waals surface area contributed by atoms with Gasteiger partial charge in [0.05, 0.1) is 22.3 Å². The topological polar surface area (TPSA) is 149 Å². The Morgan fingerprint density at radius 3 is 0.621 bits per heavy atom. The third kappa shape index (κ3) is 8.91. The molecule has 0 heterocycles. The van der Waals surface area contributed by atoms with Crippen LogP contribution in [0.3, 0.4) is 0 Å². The van der Waals surface area contributed by atoms with E-state index in [0.29, 0.717) is 44.5 Å². The van der Waals surface area contributed by atoms with Crippen LogP contribution in [0.5, 0.6) is 0 Å². The molecule has 0 unspecified atom stereocenters. The summed E-state index contributed by atoms with van der Waals surface area (Å²) in [6.45, 7) is 30.8. The molecular weight excluding hydrogens is 729 g/mol. The van der Waals surface area contributed by atoms with Gasteiger partial charge in [0, 0.05) is 11.8 Å². The van der Waals surface area contributed by atoms with Crippen molar-refractivity contribution in [3.05, 3.63) is 138 Å². The standard InChI is InChI=1S/C50H62O8/c1-25-17-29(21-33(47(5,6)7)37(25)43(51)52)41(30-18-26(2)38(44(53)54)34(22-30)48(8,9)10)42(31-19-27(3)39(45(55)56)35(23-31)49(11,12)13)32-20-28(4)40(46(57)58)36(24-32)50(14,15)16/h17-24,41-42H,1-16H3,(H,51,52)(H,53,54)(H,55,56)(H,57,58). The third-order valence-corrected chi connectivity index (χ3v) is 11.3. The van der Waals surface area contributed by atoms with Crippen molar-refractivity contribution in [3.8, 4) is 0 Å². The number of carbonyl (C=O) groups is 4. The predicted molar refractivity (Wildman–Crippen MR) is 231 cm³/mol. The highest BCUT2D eigenvalue weighted by Crippen LogP contribution is 2.49. The van der Waals surface area contributed by atoms with Crippen molar-refractivity contribution in [1.29, 1.82) is 0 Å². The molecule has 0 aliphatic rings. The Bertz CT molecular complexity index is 2000. The summed E-state index contributed by atoms with van der Waals surface area (Å²) < 4.78 is 0. The summed E-state index contributed by atoms with van der Waals surface area (Å²) in [4.78, 5) is 51.5. The van der Waals surface area contributed by atoms with Crippen LogP contribution < -0.4 is 0 Å². The first-order valence-corrected chi connectivity index (χ1v) is 19.8. The van der Waals surface area contributed by atoms with Crippen LogP contribution in [0.4, 0.5) is 0 Å². The van der Waals surface area contributed by atoms with Gasteiger partial charge in [0.25, 0.3) is 0 Å². The molecule has 0 fully saturated rings. The van der Waals surface area contributed by atoms with Gasteiger partial charge >= 0.3 is 23.9 Å². The number of aromatic carboxylic acids is 4. The highest BCUT2D eigenvalue weighted by molar-refractivity contribution is 5.94. The number of carboxylic acids is 4. The van der Waals surface area contributed by atoms with Gasteiger partial charge in [-0.15, -0.1) is 0 Å². The number of carboxylic acid groups (broad SMARTS) is 4. The maximum Gasteiger partial charge on any atom is 0.336 e. The molecule has 0 aliphatic heterocycles. The molecule has 0 atom stereocenters. The Balaban J connectivity index is 2.43. The molecule has 4 N–H and O–H groups in total. The molecule has 4 aromatic rings. The van der Waals surface area contributed by atoms with Gasteiger partial charge in [0.1, 0.15) is 0 Å². The van der Waals surface area contributed by atoms with Gasteiger partial charge in [0.2, 0.25) is 0 Å². The van der Waals surface area contributed by atoms with Gasteiger partial charge < -0.3 is 20.4 Å². The Labute approximate surface area is 344 Å². The summed E-state index contributed by atoms with van der Waals surface area (Å²) in [5, 5.41) is 42.1. The highest BCUT2D eigenvalue weighted by atomic mass is 16.4. The monoisotopic (exact) mass is 790 g/mol. The van der Waals surface area contributed by atoms with Crippen LogP contribution >= 0.6 is 0 Å². The summed E-state index contributed by atoms with van der Waals surface area (Å²) in [5.41, 5.74) is 6.43. The smallest absolute Gasteiger partial charge is 0.336 e. The molecule has 0 amide bonds. The van der Waals surface area contributed by atoms with Crippen molar-refractivity contribution >= 4 is 23.9 Å². The molecule has 0 spiro atoms. The first-order chi connectivity index (χ1) is 26.3. The minimum absolute atomic E-state index is 0.215. The second-order valence-electron chi connectivity index (χ2n) is 20.2. The van der Waals surface area contributed by atoms with Crippen molar-refractivity contribution < 1.29 is 39.6 Å². The lowest BCUT2D eigenvalue weighted by atomic mass is 9.67. The number of aryl methyl sites for hydroxylation is 4. The van der Waals surface area contributed by atoms with Crippen molar-refractivity contribution in [3.63, 3.8) is 0 Å². The lowest BCUT2D eigenvalue weighted by Crippen LogP contribution is -2.25. The summed E-state index contributed by atoms with van der Waals surface area (Å²) in [6, 6.07) is 15.4. The fourth-order valence-corrected chi connectivity index (χ4v) is 8.63. The fourth-order valence-electron chi connectivity index (χ4n) is 8.63. The molecule has 0 aliphatic carbocycles. The molecule has 0 saturated carbocycles. The van der Waals surface area contributed by atoms with Gasteiger partial charge in [-0.3, -0.25) is 0 Å². The third-order valence-electron chi connectivity index (χ3n) is 11.3. The van der Waals surface area contributed by atoms with Crippen molar-refractivity contribution in [2.45, 2.75) is 144 Å². The van der Waals surface area contributed by atoms with Crippen LogP contribution in [0, 0.1) is 27.7 Å². The van der Waals surface area contributed by atoms with Gasteiger partial charge in [-0.25, -0.2) is 19.2 Å². The molecule has 0 bridgehead atoms. The van der Waals surface area contributed by atoms with E-state index in [1.165, 1.54) is 0 Å². The van der Waals surface area contributed by atoms with E-state index >= 15 is 0 Å². The zero-order valence-electron chi connectivity index (χ0n) is 37.2. The Hall–Kier alpha value is -5.24. The highest BCUT2D eigenvalue weighted by Gasteiger charge is 2.37. The molecule has 4 aromatic carbocycles. The van der Waals surface area contributed by atoms with Crippen LogP contribution in [-0.2, 0) is 21.7 Å². The number of hydrogen-bond donors (Lipinski definition) is 4. The average molecular weight is 791 g/mol. The predicted octanol–water partition coefficient (Wildman–Crippen LogP) is 11.9. The molecule has 4 rings (SSSR count). The van der Waals surface area contributed by atoms with Crippen LogP contribution in [0.1, 0.15) is 203 Å². The van der Waals surface area contributed by atoms with Crippen molar-refractivity contribution in [2.75, 3.05) is 0 Å². The zero-order valence-corrected chi connectivity index (χ0v) is 37.2. The number of rotatable bonds is 9. The van der Waals surface area contributed by atoms with Gasteiger partial charge in [-0.05, 0) is 116 Å². The van der Waals surface area contributed by atoms with Crippen LogP contribution in [-0.4, -0.2) is 44.3 Å². The minimum Gasteiger partial charge on any atom is -0.478 e. The SMILES string of the molecule is Cc1cc(C(c2cc(C)c(C(=O)O)c(C(C)(C)C)c2)C(c2cc(C)c(C(=O)O)c(C(C)(C)C)c2)c2cc(C)c(C(=O)O)c(C(C)(C)C)c2)cc(C(C)(C)C)c1C(=O)O. The summed E-state index contributed by atoms with van der Waals surface area (Å²) in [6.07, 6.45) is 0. The maximum atomic E-state index is 12.9. The van der Waals surface area contributed by atoms with Crippen LogP contribution in [0.2, 0.25) is 0 Å². The molecule has 0 radical (unpaired) electrons. The van der Waals surface area contributed by atoms with E-state index < -0.39 is 57.4 Å². The van der Waals surface area contributed by atoms with Gasteiger partial charge in [0.15, 0.2) is 0 Å². The molecular formula is C50H62O8. The van der Waals surface area contributed by atoms with Crippen LogP contribution in [0.25, 0.3) is 0 Å². The quantitative estimate of drug-likeness (QED) is 0.131. The molecule has 58 heavy (non-hydrogen) atoms. The van der Waals surface area contributed by atoms with Gasteiger partial charge in [-0.1, -0.05) is 132 Å². The fraction of sp³-hybridized carbons (Fsp3) is 0.440. The largest absolute Gasteiger partial charge is 0.478 e. The second kappa shape index (κ2) is 15.5. The normalized spacial score (nSPS) is 12.7. The van der Waals surface area contributed by atoms with Crippen LogP contribution in [0.15, 0.2) is 48.5 Å². The van der Waals surface area contributed by atoms with E-state index in [-0.39, 0.29) is 22.3 Å². The summed E-state index contributed by atoms with van der Waals surface area (Å²) in [5.74, 6) is -5.36. The summed E-state index contributed by atoms with van der Waals surface area (Å²) >= 11 is 0. The first kappa shape index (κ1) is 45.5. The second-order valence-corrected chi connectivity index (χ2v) is 20.2. The maximum absolute atomic E-state index is 12.9. The number of benzene rings is 4. The van der Waals surface area contributed by atoms with E-state index in [4.69, 9.17) is 0 Å². The Morgan fingerprint density at radius 1 is 0.345 bits per heavy atom. The van der Waals surface area contributed by atoms with Crippen molar-refractivity contribution in [2.24, 2.45) is 0 Å². The lowest BCUT2D eigenvalue weighted by Gasteiger charge is -2.36.